The summed E-state index contributed by atoms with van der Waals surface area (Å²) in [6, 6.07) is 5.58. The first-order chi connectivity index (χ1) is 17.4. The molecule has 1 atom stereocenters. The fourth-order valence-electron chi connectivity index (χ4n) is 4.46. The minimum Gasteiger partial charge on any atom is -0.491 e. The van der Waals surface area contributed by atoms with E-state index in [9.17, 15) is 9.59 Å². The predicted molar refractivity (Wildman–Crippen MR) is 148 cm³/mol. The molecule has 0 saturated heterocycles. The molecule has 8 nitrogen and oxygen atoms in total. The van der Waals surface area contributed by atoms with E-state index >= 15 is 0 Å². The van der Waals surface area contributed by atoms with Crippen molar-refractivity contribution in [3.8, 4) is 16.2 Å². The Hall–Kier alpha value is -3.46. The van der Waals surface area contributed by atoms with Crippen molar-refractivity contribution < 1.29 is 14.3 Å². The Morgan fingerprint density at radius 3 is 2.62 bits per heavy atom. The van der Waals surface area contributed by atoms with E-state index in [0.717, 1.165) is 33.2 Å². The molecule has 0 aliphatic rings. The lowest BCUT2D eigenvalue weighted by Crippen LogP contribution is -2.42. The molecule has 1 aromatic carbocycles. The van der Waals surface area contributed by atoms with E-state index < -0.39 is 11.7 Å². The molecule has 4 aromatic rings. The highest BCUT2D eigenvalue weighted by Crippen LogP contribution is 2.38. The minimum absolute atomic E-state index is 0.103. The highest BCUT2D eigenvalue weighted by molar-refractivity contribution is 7.13. The van der Waals surface area contributed by atoms with Gasteiger partial charge in [-0.1, -0.05) is 13.8 Å². The number of rotatable bonds is 7. The third kappa shape index (κ3) is 5.93. The van der Waals surface area contributed by atoms with Crippen molar-refractivity contribution in [2.24, 2.45) is 13.0 Å². The van der Waals surface area contributed by atoms with Gasteiger partial charge in [-0.25, -0.2) is 4.79 Å². The third-order valence-corrected chi connectivity index (χ3v) is 6.83. The molecule has 3 aromatic heterocycles. The van der Waals surface area contributed by atoms with Crippen LogP contribution in [0.25, 0.3) is 32.1 Å². The van der Waals surface area contributed by atoms with E-state index in [2.05, 4.69) is 35.2 Å². The first-order valence-corrected chi connectivity index (χ1v) is 13.3. The summed E-state index contributed by atoms with van der Waals surface area (Å²) < 4.78 is 13.5. The molecule has 0 fully saturated rings. The maximum Gasteiger partial charge on any atom is 0.407 e. The van der Waals surface area contributed by atoms with Crippen LogP contribution >= 0.6 is 11.3 Å². The molecule has 1 unspecified atom stereocenters. The van der Waals surface area contributed by atoms with Crippen molar-refractivity contribution >= 4 is 39.1 Å². The van der Waals surface area contributed by atoms with Gasteiger partial charge in [0.2, 0.25) is 0 Å². The summed E-state index contributed by atoms with van der Waals surface area (Å²) >= 11 is 1.51. The Morgan fingerprint density at radius 1 is 1.22 bits per heavy atom. The summed E-state index contributed by atoms with van der Waals surface area (Å²) in [7, 11) is 1.76. The van der Waals surface area contributed by atoms with E-state index in [1.165, 1.54) is 11.3 Å². The van der Waals surface area contributed by atoms with Gasteiger partial charge in [0.25, 0.3) is 5.56 Å². The molecule has 0 aliphatic carbocycles. The van der Waals surface area contributed by atoms with Gasteiger partial charge < -0.3 is 19.4 Å². The van der Waals surface area contributed by atoms with Crippen LogP contribution in [0.3, 0.4) is 0 Å². The van der Waals surface area contributed by atoms with Gasteiger partial charge in [0, 0.05) is 36.5 Å². The molecular formula is C28H34N4O4S. The number of pyridine rings is 2. The number of fused-ring (bicyclic) bond motifs is 3. The maximum atomic E-state index is 13.2. The number of aryl methyl sites for hydroxylation is 2. The lowest BCUT2D eigenvalue weighted by atomic mass is 10.0. The van der Waals surface area contributed by atoms with Crippen LogP contribution in [0.4, 0.5) is 4.79 Å². The Labute approximate surface area is 220 Å². The minimum atomic E-state index is -0.591. The Morgan fingerprint density at radius 2 is 1.97 bits per heavy atom. The summed E-state index contributed by atoms with van der Waals surface area (Å²) in [6.45, 7) is 11.8. The number of carbonyl (C=O) groups is 1. The number of alkyl carbamates (subject to hydrolysis) is 1. The summed E-state index contributed by atoms with van der Waals surface area (Å²) in [5.41, 5.74) is 3.42. The molecular weight excluding hydrogens is 488 g/mol. The van der Waals surface area contributed by atoms with Gasteiger partial charge in [-0.05, 0) is 57.6 Å². The lowest BCUT2D eigenvalue weighted by molar-refractivity contribution is 0.0480. The van der Waals surface area contributed by atoms with E-state index in [1.807, 2.05) is 39.8 Å². The summed E-state index contributed by atoms with van der Waals surface area (Å²) in [5.74, 6) is 0.960. The molecule has 0 radical (unpaired) electrons. The summed E-state index contributed by atoms with van der Waals surface area (Å²) in [6.07, 6.45) is 3.78. The molecule has 0 bridgehead atoms. The highest BCUT2D eigenvalue weighted by Gasteiger charge is 2.22. The largest absolute Gasteiger partial charge is 0.491 e. The second-order valence-corrected chi connectivity index (χ2v) is 11.6. The first-order valence-electron chi connectivity index (χ1n) is 12.4. The van der Waals surface area contributed by atoms with Gasteiger partial charge in [0.15, 0.2) is 0 Å². The van der Waals surface area contributed by atoms with Crippen LogP contribution in [0, 0.1) is 12.8 Å². The van der Waals surface area contributed by atoms with Gasteiger partial charge in [-0.15, -0.1) is 11.3 Å². The maximum absolute atomic E-state index is 13.2. The van der Waals surface area contributed by atoms with Gasteiger partial charge in [0.05, 0.1) is 33.0 Å². The standard InChI is InChI=1S/C28H34N4O4S/c1-16(2)10-18(31-27(34)36-28(4,5)6)14-35-23-12-22-20(11-21(23)24-13-29-15-37-24)19-8-9-30-17(3)25(19)26(33)32(22)7/h8-9,11-13,15-16,18H,10,14H2,1-7H3,(H,31,34). The smallest absolute Gasteiger partial charge is 0.407 e. The Bertz CT molecular complexity index is 1490. The fourth-order valence-corrected chi connectivity index (χ4v) is 5.11. The fraction of sp³-hybridized carbons (Fsp3) is 0.429. The van der Waals surface area contributed by atoms with Crippen molar-refractivity contribution in [2.75, 3.05) is 6.61 Å². The SMILES string of the molecule is Cc1nccc2c1c(=O)n(C)c1cc(OCC(CC(C)C)NC(=O)OC(C)(C)C)c(-c3cncs3)cc21. The Kier molecular flexibility index (Phi) is 7.54. The zero-order valence-electron chi connectivity index (χ0n) is 22.4. The van der Waals surface area contributed by atoms with Crippen molar-refractivity contribution in [1.29, 1.82) is 0 Å². The number of nitrogens with zero attached hydrogens (tertiary/aromatic N) is 3. The van der Waals surface area contributed by atoms with Crippen LogP contribution in [-0.4, -0.2) is 38.9 Å². The van der Waals surface area contributed by atoms with Crippen LogP contribution in [0.5, 0.6) is 5.75 Å². The van der Waals surface area contributed by atoms with Gasteiger partial charge in [-0.2, -0.15) is 0 Å². The first kappa shape index (κ1) is 26.6. The second-order valence-electron chi connectivity index (χ2n) is 10.7. The quantitative estimate of drug-likeness (QED) is 0.307. The van der Waals surface area contributed by atoms with E-state index in [1.54, 1.807) is 29.5 Å². The lowest BCUT2D eigenvalue weighted by Gasteiger charge is -2.25. The topological polar surface area (TPSA) is 95.3 Å². The van der Waals surface area contributed by atoms with Crippen molar-refractivity contribution in [3.05, 3.63) is 52.2 Å². The number of benzene rings is 1. The number of aromatic nitrogens is 3. The number of thiazole rings is 1. The Balaban J connectivity index is 1.77. The van der Waals surface area contributed by atoms with E-state index in [-0.39, 0.29) is 18.2 Å². The highest BCUT2D eigenvalue weighted by atomic mass is 32.1. The van der Waals surface area contributed by atoms with Crippen LogP contribution in [0.15, 0.2) is 40.9 Å². The molecule has 3 heterocycles. The molecule has 9 heteroatoms. The number of hydrogen-bond donors (Lipinski definition) is 1. The zero-order valence-corrected chi connectivity index (χ0v) is 23.2. The average molecular weight is 523 g/mol. The molecule has 37 heavy (non-hydrogen) atoms. The third-order valence-electron chi connectivity index (χ3n) is 6.02. The molecule has 0 aliphatic heterocycles. The monoisotopic (exact) mass is 522 g/mol. The van der Waals surface area contributed by atoms with Crippen LogP contribution < -0.4 is 15.6 Å². The zero-order chi connectivity index (χ0) is 26.9. The second kappa shape index (κ2) is 10.5. The van der Waals surface area contributed by atoms with Crippen molar-refractivity contribution in [3.63, 3.8) is 0 Å². The van der Waals surface area contributed by atoms with Crippen LogP contribution in [-0.2, 0) is 11.8 Å². The van der Waals surface area contributed by atoms with Gasteiger partial charge in [-0.3, -0.25) is 14.8 Å². The van der Waals surface area contributed by atoms with Crippen molar-refractivity contribution in [1.82, 2.24) is 19.9 Å². The number of carbonyl (C=O) groups excluding carboxylic acids is 1. The van der Waals surface area contributed by atoms with Crippen LogP contribution in [0.1, 0.15) is 46.7 Å². The molecule has 1 N–H and O–H groups in total. The number of amides is 1. The normalized spacial score (nSPS) is 12.8. The van der Waals surface area contributed by atoms with Crippen LogP contribution in [0.2, 0.25) is 0 Å². The summed E-state index contributed by atoms with van der Waals surface area (Å²) in [5, 5.41) is 5.36. The molecule has 0 saturated carbocycles. The van der Waals surface area contributed by atoms with E-state index in [4.69, 9.17) is 9.47 Å². The van der Waals surface area contributed by atoms with E-state index in [0.29, 0.717) is 22.7 Å². The molecule has 4 rings (SSSR count). The van der Waals surface area contributed by atoms with Gasteiger partial charge in [0.1, 0.15) is 18.0 Å². The summed E-state index contributed by atoms with van der Waals surface area (Å²) in [4.78, 5) is 35.3. The molecule has 196 valence electrons. The predicted octanol–water partition coefficient (Wildman–Crippen LogP) is 5.84. The van der Waals surface area contributed by atoms with Crippen molar-refractivity contribution in [2.45, 2.75) is 59.6 Å². The molecule has 0 spiro atoms. The number of hydrogen-bond acceptors (Lipinski definition) is 7. The molecule has 1 amide bonds. The number of nitrogens with one attached hydrogen (secondary N) is 1. The number of ether oxygens (including phenoxy) is 2. The van der Waals surface area contributed by atoms with Gasteiger partial charge >= 0.3 is 6.09 Å². The average Bonchev–Trinajstić information content (AvgIpc) is 3.33.